The summed E-state index contributed by atoms with van der Waals surface area (Å²) in [6, 6.07) is -0.472. The van der Waals surface area contributed by atoms with E-state index in [0.717, 1.165) is 19.4 Å². The Morgan fingerprint density at radius 2 is 2.47 bits per heavy atom. The molecule has 0 aliphatic carbocycles. The van der Waals surface area contributed by atoms with Crippen molar-refractivity contribution >= 4 is 5.91 Å². The number of nitrogens with zero attached hydrogens (tertiary/aromatic N) is 1. The SMILES string of the molecule is C=CCC(N)C(=O)N1CCCC(CO)C1. The minimum Gasteiger partial charge on any atom is -0.396 e. The van der Waals surface area contributed by atoms with Crippen LogP contribution >= 0.6 is 0 Å². The van der Waals surface area contributed by atoms with E-state index in [-0.39, 0.29) is 18.4 Å². The van der Waals surface area contributed by atoms with E-state index in [1.54, 1.807) is 11.0 Å². The lowest BCUT2D eigenvalue weighted by atomic mass is 9.98. The Morgan fingerprint density at radius 1 is 1.73 bits per heavy atom. The van der Waals surface area contributed by atoms with E-state index in [2.05, 4.69) is 6.58 Å². The van der Waals surface area contributed by atoms with Gasteiger partial charge in [0.05, 0.1) is 6.04 Å². The number of piperidine rings is 1. The van der Waals surface area contributed by atoms with E-state index in [1.807, 2.05) is 0 Å². The number of likely N-dealkylation sites (tertiary alicyclic amines) is 1. The molecule has 1 aliphatic heterocycles. The fourth-order valence-electron chi connectivity index (χ4n) is 1.93. The highest BCUT2D eigenvalue weighted by Crippen LogP contribution is 2.16. The smallest absolute Gasteiger partial charge is 0.239 e. The number of hydrogen-bond acceptors (Lipinski definition) is 3. The lowest BCUT2D eigenvalue weighted by Gasteiger charge is -2.33. The van der Waals surface area contributed by atoms with Crippen molar-refractivity contribution in [2.24, 2.45) is 11.7 Å². The first-order chi connectivity index (χ1) is 7.19. The molecule has 4 heteroatoms. The predicted molar refractivity (Wildman–Crippen MR) is 59.2 cm³/mol. The van der Waals surface area contributed by atoms with Crippen molar-refractivity contribution in [3.8, 4) is 0 Å². The quantitative estimate of drug-likeness (QED) is 0.650. The molecule has 0 bridgehead atoms. The maximum atomic E-state index is 11.8. The molecule has 1 amide bonds. The molecular weight excluding hydrogens is 192 g/mol. The molecule has 2 unspecified atom stereocenters. The number of aliphatic hydroxyl groups is 1. The summed E-state index contributed by atoms with van der Waals surface area (Å²) in [6.07, 6.45) is 4.13. The Labute approximate surface area is 90.7 Å². The molecule has 4 nitrogen and oxygen atoms in total. The highest BCUT2D eigenvalue weighted by atomic mass is 16.3. The van der Waals surface area contributed by atoms with E-state index in [9.17, 15) is 4.79 Å². The Balaban J connectivity index is 2.47. The molecule has 2 atom stereocenters. The van der Waals surface area contributed by atoms with E-state index in [1.165, 1.54) is 0 Å². The highest BCUT2D eigenvalue weighted by molar-refractivity contribution is 5.81. The van der Waals surface area contributed by atoms with E-state index >= 15 is 0 Å². The zero-order chi connectivity index (χ0) is 11.3. The molecule has 0 saturated carbocycles. The van der Waals surface area contributed by atoms with Gasteiger partial charge >= 0.3 is 0 Å². The number of amides is 1. The van der Waals surface area contributed by atoms with Crippen molar-refractivity contribution in [3.05, 3.63) is 12.7 Å². The Morgan fingerprint density at radius 3 is 3.07 bits per heavy atom. The van der Waals surface area contributed by atoms with Gasteiger partial charge in [0.1, 0.15) is 0 Å². The van der Waals surface area contributed by atoms with Crippen molar-refractivity contribution in [1.82, 2.24) is 4.90 Å². The molecule has 1 saturated heterocycles. The standard InChI is InChI=1S/C11H20N2O2/c1-2-4-10(12)11(15)13-6-3-5-9(7-13)8-14/h2,9-10,14H,1,3-8,12H2. The van der Waals surface area contributed by atoms with E-state index in [0.29, 0.717) is 13.0 Å². The molecule has 0 radical (unpaired) electrons. The largest absolute Gasteiger partial charge is 0.396 e. The van der Waals surface area contributed by atoms with Gasteiger partial charge in [-0.1, -0.05) is 6.08 Å². The second-order valence-corrected chi connectivity index (χ2v) is 4.11. The van der Waals surface area contributed by atoms with Crippen molar-refractivity contribution in [3.63, 3.8) is 0 Å². The van der Waals surface area contributed by atoms with Crippen molar-refractivity contribution in [1.29, 1.82) is 0 Å². The Bertz CT molecular complexity index is 231. The lowest BCUT2D eigenvalue weighted by molar-refractivity contribution is -0.134. The zero-order valence-corrected chi connectivity index (χ0v) is 9.06. The topological polar surface area (TPSA) is 66.6 Å². The van der Waals surface area contributed by atoms with Crippen LogP contribution in [0.5, 0.6) is 0 Å². The first kappa shape index (κ1) is 12.2. The van der Waals surface area contributed by atoms with Gasteiger partial charge < -0.3 is 15.7 Å². The predicted octanol–water partition coefficient (Wildman–Crippen LogP) is 0.121. The second-order valence-electron chi connectivity index (χ2n) is 4.11. The Hall–Kier alpha value is -0.870. The number of rotatable bonds is 4. The summed E-state index contributed by atoms with van der Waals surface area (Å²) in [7, 11) is 0. The normalized spacial score (nSPS) is 23.6. The van der Waals surface area contributed by atoms with Crippen molar-refractivity contribution < 1.29 is 9.90 Å². The fourth-order valence-corrected chi connectivity index (χ4v) is 1.93. The maximum Gasteiger partial charge on any atom is 0.239 e. The van der Waals surface area contributed by atoms with Crippen LogP contribution in [-0.2, 0) is 4.79 Å². The van der Waals surface area contributed by atoms with Gasteiger partial charge in [0.25, 0.3) is 0 Å². The van der Waals surface area contributed by atoms with Gasteiger partial charge in [0.15, 0.2) is 0 Å². The molecule has 86 valence electrons. The molecule has 1 aliphatic rings. The van der Waals surface area contributed by atoms with Crippen molar-refractivity contribution in [2.75, 3.05) is 19.7 Å². The van der Waals surface area contributed by atoms with Crippen LogP contribution in [0.3, 0.4) is 0 Å². The van der Waals surface area contributed by atoms with Crippen LogP contribution in [0.15, 0.2) is 12.7 Å². The minimum absolute atomic E-state index is 0.0203. The zero-order valence-electron chi connectivity index (χ0n) is 9.06. The van der Waals surface area contributed by atoms with Crippen LogP contribution in [0.25, 0.3) is 0 Å². The molecule has 0 aromatic heterocycles. The third-order valence-electron chi connectivity index (χ3n) is 2.83. The van der Waals surface area contributed by atoms with Crippen LogP contribution in [0.2, 0.25) is 0 Å². The first-order valence-electron chi connectivity index (χ1n) is 5.45. The number of carbonyl (C=O) groups excluding carboxylic acids is 1. The molecule has 0 spiro atoms. The third-order valence-corrected chi connectivity index (χ3v) is 2.83. The summed E-state index contributed by atoms with van der Waals surface area (Å²) in [4.78, 5) is 13.6. The van der Waals surface area contributed by atoms with Gasteiger partial charge in [0, 0.05) is 19.7 Å². The summed E-state index contributed by atoms with van der Waals surface area (Å²) >= 11 is 0. The second kappa shape index (κ2) is 5.88. The molecule has 0 aromatic rings. The van der Waals surface area contributed by atoms with Crippen LogP contribution < -0.4 is 5.73 Å². The average molecular weight is 212 g/mol. The lowest BCUT2D eigenvalue weighted by Crippen LogP contribution is -2.48. The van der Waals surface area contributed by atoms with Gasteiger partial charge in [-0.25, -0.2) is 0 Å². The van der Waals surface area contributed by atoms with E-state index < -0.39 is 6.04 Å². The highest BCUT2D eigenvalue weighted by Gasteiger charge is 2.25. The number of nitrogens with two attached hydrogens (primary N) is 1. The van der Waals surface area contributed by atoms with Gasteiger partial charge in [-0.15, -0.1) is 6.58 Å². The van der Waals surface area contributed by atoms with Gasteiger partial charge in [-0.3, -0.25) is 4.79 Å². The van der Waals surface area contributed by atoms with Crippen molar-refractivity contribution in [2.45, 2.75) is 25.3 Å². The summed E-state index contributed by atoms with van der Waals surface area (Å²) in [6.45, 7) is 5.12. The van der Waals surface area contributed by atoms with Gasteiger partial charge in [0.2, 0.25) is 5.91 Å². The van der Waals surface area contributed by atoms with Gasteiger partial charge in [-0.2, -0.15) is 0 Å². The average Bonchev–Trinajstić information content (AvgIpc) is 2.28. The van der Waals surface area contributed by atoms with Crippen LogP contribution in [-0.4, -0.2) is 41.7 Å². The number of aliphatic hydroxyl groups excluding tert-OH is 1. The van der Waals surface area contributed by atoms with E-state index in [4.69, 9.17) is 10.8 Å². The monoisotopic (exact) mass is 212 g/mol. The molecule has 15 heavy (non-hydrogen) atoms. The summed E-state index contributed by atoms with van der Waals surface area (Å²) in [5.41, 5.74) is 5.72. The molecule has 0 aromatic carbocycles. The molecule has 1 fully saturated rings. The molecule has 3 N–H and O–H groups in total. The Kier molecular flexibility index (Phi) is 4.78. The summed E-state index contributed by atoms with van der Waals surface area (Å²) < 4.78 is 0. The molecule has 1 heterocycles. The summed E-state index contributed by atoms with van der Waals surface area (Å²) in [5, 5.41) is 9.05. The number of hydrogen-bond donors (Lipinski definition) is 2. The fraction of sp³-hybridized carbons (Fsp3) is 0.727. The third kappa shape index (κ3) is 3.32. The minimum atomic E-state index is -0.472. The molecular formula is C11H20N2O2. The number of carbonyl (C=O) groups is 1. The first-order valence-corrected chi connectivity index (χ1v) is 5.45. The molecule has 1 rings (SSSR count). The van der Waals surface area contributed by atoms with Crippen LogP contribution in [0, 0.1) is 5.92 Å². The summed E-state index contributed by atoms with van der Waals surface area (Å²) in [5.74, 6) is 0.201. The van der Waals surface area contributed by atoms with Crippen LogP contribution in [0.4, 0.5) is 0 Å². The van der Waals surface area contributed by atoms with Crippen LogP contribution in [0.1, 0.15) is 19.3 Å². The van der Waals surface area contributed by atoms with Gasteiger partial charge in [-0.05, 0) is 25.2 Å². The maximum absolute atomic E-state index is 11.8.